The molecule has 1 fully saturated rings. The maximum Gasteiger partial charge on any atom is 0.255 e. The third-order valence-corrected chi connectivity index (χ3v) is 5.00. The van der Waals surface area contributed by atoms with Crippen molar-refractivity contribution >= 4 is 17.5 Å². The molecule has 0 aromatic heterocycles. The van der Waals surface area contributed by atoms with Crippen LogP contribution in [0.2, 0.25) is 0 Å². The number of rotatable bonds is 4. The zero-order chi connectivity index (χ0) is 18.6. The molecule has 0 spiro atoms. The first-order valence-corrected chi connectivity index (χ1v) is 9.31. The van der Waals surface area contributed by atoms with E-state index in [0.29, 0.717) is 28.3 Å². The molecule has 1 saturated carbocycles. The fourth-order valence-corrected chi connectivity index (χ4v) is 3.53. The Morgan fingerprint density at radius 1 is 0.889 bits per heavy atom. The molecular formula is C21H22N2O4. The lowest BCUT2D eigenvalue weighted by Crippen LogP contribution is -2.36. The summed E-state index contributed by atoms with van der Waals surface area (Å²) in [6.07, 6.45) is 5.55. The number of para-hydroxylation sites is 1. The third kappa shape index (κ3) is 3.89. The van der Waals surface area contributed by atoms with Crippen LogP contribution in [-0.4, -0.2) is 24.6 Å². The third-order valence-electron chi connectivity index (χ3n) is 5.00. The SMILES string of the molecule is O=C(Nc1ccccc1C(=O)NC1CCCCC1)c1ccc2c(c1)OCO2. The van der Waals surface area contributed by atoms with Crippen molar-refractivity contribution in [1.29, 1.82) is 0 Å². The number of hydrogen-bond donors (Lipinski definition) is 2. The fourth-order valence-electron chi connectivity index (χ4n) is 3.53. The maximum absolute atomic E-state index is 12.7. The molecule has 6 heteroatoms. The second-order valence-electron chi connectivity index (χ2n) is 6.88. The van der Waals surface area contributed by atoms with Crippen LogP contribution in [-0.2, 0) is 0 Å². The number of carbonyl (C=O) groups is 2. The first kappa shape index (κ1) is 17.4. The van der Waals surface area contributed by atoms with E-state index in [2.05, 4.69) is 10.6 Å². The van der Waals surface area contributed by atoms with Crippen LogP contribution in [0.15, 0.2) is 42.5 Å². The minimum absolute atomic E-state index is 0.150. The Hall–Kier alpha value is -3.02. The predicted octanol–water partition coefficient (Wildman–Crippen LogP) is 3.73. The second kappa shape index (κ2) is 7.70. The van der Waals surface area contributed by atoms with Crippen LogP contribution >= 0.6 is 0 Å². The summed E-state index contributed by atoms with van der Waals surface area (Å²) in [5.41, 5.74) is 1.41. The molecule has 4 rings (SSSR count). The van der Waals surface area contributed by atoms with Crippen molar-refractivity contribution in [3.05, 3.63) is 53.6 Å². The lowest BCUT2D eigenvalue weighted by Gasteiger charge is -2.23. The molecule has 6 nitrogen and oxygen atoms in total. The van der Waals surface area contributed by atoms with Gasteiger partial charge in [0.2, 0.25) is 6.79 Å². The van der Waals surface area contributed by atoms with Crippen LogP contribution in [0, 0.1) is 0 Å². The van der Waals surface area contributed by atoms with Gasteiger partial charge in [0.05, 0.1) is 11.3 Å². The zero-order valence-electron chi connectivity index (χ0n) is 15.0. The van der Waals surface area contributed by atoms with Crippen molar-refractivity contribution < 1.29 is 19.1 Å². The Labute approximate surface area is 157 Å². The van der Waals surface area contributed by atoms with Crippen molar-refractivity contribution in [3.8, 4) is 11.5 Å². The Morgan fingerprint density at radius 2 is 1.67 bits per heavy atom. The summed E-state index contributed by atoms with van der Waals surface area (Å²) in [7, 11) is 0. The predicted molar refractivity (Wildman–Crippen MR) is 101 cm³/mol. The van der Waals surface area contributed by atoms with E-state index in [9.17, 15) is 9.59 Å². The maximum atomic E-state index is 12.7. The topological polar surface area (TPSA) is 76.7 Å². The summed E-state index contributed by atoms with van der Waals surface area (Å²) in [5.74, 6) is 0.722. The lowest BCUT2D eigenvalue weighted by atomic mass is 9.95. The summed E-state index contributed by atoms with van der Waals surface area (Å²) in [6, 6.07) is 12.3. The minimum Gasteiger partial charge on any atom is -0.454 e. The molecule has 2 aliphatic rings. The molecule has 0 bridgehead atoms. The second-order valence-corrected chi connectivity index (χ2v) is 6.88. The van der Waals surface area contributed by atoms with Crippen molar-refractivity contribution in [2.45, 2.75) is 38.1 Å². The fraction of sp³-hybridized carbons (Fsp3) is 0.333. The quantitative estimate of drug-likeness (QED) is 0.864. The van der Waals surface area contributed by atoms with Crippen LogP contribution in [0.25, 0.3) is 0 Å². The van der Waals surface area contributed by atoms with E-state index in [0.717, 1.165) is 25.7 Å². The summed E-state index contributed by atoms with van der Waals surface area (Å²) < 4.78 is 10.6. The molecule has 1 aliphatic heterocycles. The van der Waals surface area contributed by atoms with Crippen LogP contribution in [0.4, 0.5) is 5.69 Å². The zero-order valence-corrected chi connectivity index (χ0v) is 15.0. The van der Waals surface area contributed by atoms with E-state index >= 15 is 0 Å². The smallest absolute Gasteiger partial charge is 0.255 e. The van der Waals surface area contributed by atoms with Gasteiger partial charge in [-0.05, 0) is 43.2 Å². The molecule has 0 unspecified atom stereocenters. The highest BCUT2D eigenvalue weighted by molar-refractivity contribution is 6.09. The summed E-state index contributed by atoms with van der Waals surface area (Å²) in [4.78, 5) is 25.3. The number of fused-ring (bicyclic) bond motifs is 1. The minimum atomic E-state index is -0.300. The molecule has 2 aromatic carbocycles. The molecule has 140 valence electrons. The highest BCUT2D eigenvalue weighted by Crippen LogP contribution is 2.32. The molecule has 0 saturated heterocycles. The van der Waals surface area contributed by atoms with Crippen molar-refractivity contribution in [1.82, 2.24) is 5.32 Å². The molecule has 1 heterocycles. The van der Waals surface area contributed by atoms with Gasteiger partial charge >= 0.3 is 0 Å². The first-order chi connectivity index (χ1) is 13.2. The number of anilines is 1. The van der Waals surface area contributed by atoms with Gasteiger partial charge in [0, 0.05) is 11.6 Å². The Balaban J connectivity index is 1.49. The van der Waals surface area contributed by atoms with Crippen LogP contribution in [0.1, 0.15) is 52.8 Å². The standard InChI is InChI=1S/C21H22N2O4/c24-20(14-10-11-18-19(12-14)27-13-26-18)23-17-9-5-4-8-16(17)21(25)22-15-6-2-1-3-7-15/h4-5,8-12,15H,1-3,6-7,13H2,(H,22,25)(H,23,24). The van der Waals surface area contributed by atoms with Gasteiger partial charge in [0.25, 0.3) is 11.8 Å². The van der Waals surface area contributed by atoms with E-state index in [1.165, 1.54) is 6.42 Å². The normalized spacial score (nSPS) is 16.0. The van der Waals surface area contributed by atoms with Crippen LogP contribution < -0.4 is 20.1 Å². The average Bonchev–Trinajstić information content (AvgIpc) is 3.17. The number of carbonyl (C=O) groups excluding carboxylic acids is 2. The van der Waals surface area contributed by atoms with Gasteiger partial charge in [-0.25, -0.2) is 0 Å². The van der Waals surface area contributed by atoms with Crippen molar-refractivity contribution in [2.75, 3.05) is 12.1 Å². The molecule has 2 aromatic rings. The van der Waals surface area contributed by atoms with E-state index < -0.39 is 0 Å². The highest BCUT2D eigenvalue weighted by atomic mass is 16.7. The molecular weight excluding hydrogens is 344 g/mol. The van der Waals surface area contributed by atoms with E-state index in [4.69, 9.17) is 9.47 Å². The highest BCUT2D eigenvalue weighted by Gasteiger charge is 2.20. The molecule has 0 atom stereocenters. The van der Waals surface area contributed by atoms with Crippen molar-refractivity contribution in [3.63, 3.8) is 0 Å². The van der Waals surface area contributed by atoms with Gasteiger partial charge in [-0.2, -0.15) is 0 Å². The van der Waals surface area contributed by atoms with Gasteiger partial charge in [-0.3, -0.25) is 9.59 Å². The van der Waals surface area contributed by atoms with Crippen molar-refractivity contribution in [2.24, 2.45) is 0 Å². The Bertz CT molecular complexity index is 859. The monoisotopic (exact) mass is 366 g/mol. The summed E-state index contributed by atoms with van der Waals surface area (Å²) in [6.45, 7) is 0.157. The Kier molecular flexibility index (Phi) is 4.96. The van der Waals surface area contributed by atoms with Crippen LogP contribution in [0.5, 0.6) is 11.5 Å². The van der Waals surface area contributed by atoms with E-state index in [1.54, 1.807) is 42.5 Å². The lowest BCUT2D eigenvalue weighted by molar-refractivity contribution is 0.0928. The summed E-state index contributed by atoms with van der Waals surface area (Å²) >= 11 is 0. The van der Waals surface area contributed by atoms with Crippen LogP contribution in [0.3, 0.4) is 0 Å². The van der Waals surface area contributed by atoms with Gasteiger partial charge in [0.1, 0.15) is 0 Å². The van der Waals surface area contributed by atoms with Gasteiger partial charge < -0.3 is 20.1 Å². The number of benzene rings is 2. The molecule has 27 heavy (non-hydrogen) atoms. The molecule has 2 N–H and O–H groups in total. The number of ether oxygens (including phenoxy) is 2. The number of hydrogen-bond acceptors (Lipinski definition) is 4. The first-order valence-electron chi connectivity index (χ1n) is 9.31. The Morgan fingerprint density at radius 3 is 2.52 bits per heavy atom. The van der Waals surface area contributed by atoms with Gasteiger partial charge in [-0.15, -0.1) is 0 Å². The number of nitrogens with one attached hydrogen (secondary N) is 2. The molecule has 0 radical (unpaired) electrons. The van der Waals surface area contributed by atoms with E-state index in [1.807, 2.05) is 0 Å². The largest absolute Gasteiger partial charge is 0.454 e. The average molecular weight is 366 g/mol. The van der Waals surface area contributed by atoms with Gasteiger partial charge in [-0.1, -0.05) is 31.4 Å². The summed E-state index contributed by atoms with van der Waals surface area (Å²) in [5, 5.41) is 5.94. The molecule has 1 aliphatic carbocycles. The number of amides is 2. The van der Waals surface area contributed by atoms with E-state index in [-0.39, 0.29) is 24.6 Å². The molecule has 2 amide bonds. The van der Waals surface area contributed by atoms with Gasteiger partial charge in [0.15, 0.2) is 11.5 Å².